The zero-order valence-corrected chi connectivity index (χ0v) is 8.69. The first kappa shape index (κ1) is 10.6. The Morgan fingerprint density at radius 2 is 1.70 bits per heavy atom. The van der Waals surface area contributed by atoms with Gasteiger partial charge in [-0.05, 0) is 18.6 Å². The van der Waals surface area contributed by atoms with Gasteiger partial charge in [0.25, 0.3) is 0 Å². The van der Waals surface area contributed by atoms with E-state index in [1.54, 1.807) is 0 Å². The third kappa shape index (κ3) is 2.71. The summed E-state index contributed by atoms with van der Waals surface area (Å²) in [5, 5.41) is 0. The van der Waals surface area contributed by atoms with Gasteiger partial charge in [0.15, 0.2) is 0 Å². The van der Waals surface area contributed by atoms with E-state index >= 15 is 0 Å². The van der Waals surface area contributed by atoms with E-state index in [4.69, 9.17) is 11.6 Å². The lowest BCUT2D eigenvalue weighted by molar-refractivity contribution is 0.606. The summed E-state index contributed by atoms with van der Waals surface area (Å²) in [6.07, 6.45) is 2.37. The number of thioether (sulfide) groups is 1. The number of alkyl halides is 1. The van der Waals surface area contributed by atoms with Gasteiger partial charge in [0.1, 0.15) is 0 Å². The molecule has 0 aliphatic rings. The Kier molecular flexibility index (Phi) is 5.65. The topological polar surface area (TPSA) is 0 Å². The van der Waals surface area contributed by atoms with E-state index in [-0.39, 0.29) is 0 Å². The van der Waals surface area contributed by atoms with Crippen LogP contribution in [-0.4, -0.2) is 16.4 Å². The quantitative estimate of drug-likeness (QED) is 0.584. The third-order valence-corrected chi connectivity index (χ3v) is 4.28. The van der Waals surface area contributed by atoms with Crippen molar-refractivity contribution in [3.05, 3.63) is 0 Å². The summed E-state index contributed by atoms with van der Waals surface area (Å²) < 4.78 is 0.357. The number of hydrogen-bond donors (Lipinski definition) is 0. The molecule has 0 bridgehead atoms. The smallest absolute Gasteiger partial charge is 0.0370 e. The molecule has 0 atom stereocenters. The van der Waals surface area contributed by atoms with Crippen molar-refractivity contribution in [3.63, 3.8) is 0 Å². The van der Waals surface area contributed by atoms with E-state index in [9.17, 15) is 0 Å². The Morgan fingerprint density at radius 3 is 1.80 bits per heavy atom. The lowest BCUT2D eigenvalue weighted by atomic mass is 10.1. The molecule has 10 heavy (non-hydrogen) atoms. The average molecular weight is 181 g/mol. The average Bonchev–Trinajstić information content (AvgIpc) is 2.01. The Hall–Kier alpha value is 0.640. The molecular weight excluding hydrogens is 164 g/mol. The molecule has 0 aromatic heterocycles. The predicted octanol–water partition coefficient (Wildman–Crippen LogP) is 3.54. The minimum absolute atomic E-state index is 0.357. The molecule has 0 saturated carbocycles. The maximum Gasteiger partial charge on any atom is 0.0370 e. The van der Waals surface area contributed by atoms with Crippen molar-refractivity contribution in [2.75, 3.05) is 11.6 Å². The molecule has 0 amide bonds. The van der Waals surface area contributed by atoms with Crippen LogP contribution in [0.2, 0.25) is 0 Å². The maximum absolute atomic E-state index is 5.88. The van der Waals surface area contributed by atoms with Gasteiger partial charge in [-0.3, -0.25) is 0 Å². The van der Waals surface area contributed by atoms with Gasteiger partial charge in [0.2, 0.25) is 0 Å². The number of hydrogen-bond acceptors (Lipinski definition) is 1. The fourth-order valence-corrected chi connectivity index (χ4v) is 2.70. The van der Waals surface area contributed by atoms with Crippen molar-refractivity contribution in [3.8, 4) is 0 Å². The molecule has 0 rings (SSSR count). The third-order valence-electron chi connectivity index (χ3n) is 1.98. The molecule has 0 aliphatic carbocycles. The Bertz CT molecular complexity index is 71.1. The van der Waals surface area contributed by atoms with E-state index in [0.717, 1.165) is 5.88 Å². The molecule has 0 aliphatic heterocycles. The SMILES string of the molecule is CCSC(CC)(CC)CCl. The van der Waals surface area contributed by atoms with Crippen LogP contribution in [0, 0.1) is 0 Å². The van der Waals surface area contributed by atoms with Crippen LogP contribution in [-0.2, 0) is 0 Å². The summed E-state index contributed by atoms with van der Waals surface area (Å²) in [4.78, 5) is 0. The molecule has 0 fully saturated rings. The van der Waals surface area contributed by atoms with Crippen LogP contribution in [0.15, 0.2) is 0 Å². The first-order chi connectivity index (χ1) is 4.74. The van der Waals surface area contributed by atoms with Crippen LogP contribution < -0.4 is 0 Å². The van der Waals surface area contributed by atoms with E-state index in [1.807, 2.05) is 11.8 Å². The van der Waals surface area contributed by atoms with Gasteiger partial charge >= 0.3 is 0 Å². The Balaban J connectivity index is 3.87. The molecule has 0 N–H and O–H groups in total. The van der Waals surface area contributed by atoms with E-state index in [2.05, 4.69) is 20.8 Å². The highest BCUT2D eigenvalue weighted by Gasteiger charge is 2.23. The van der Waals surface area contributed by atoms with Crippen molar-refractivity contribution < 1.29 is 0 Å². The molecule has 0 spiro atoms. The molecule has 0 saturated heterocycles. The van der Waals surface area contributed by atoms with Crippen LogP contribution in [0.25, 0.3) is 0 Å². The molecule has 0 heterocycles. The Morgan fingerprint density at radius 1 is 1.20 bits per heavy atom. The summed E-state index contributed by atoms with van der Waals surface area (Å²) in [7, 11) is 0. The second-order valence-electron chi connectivity index (χ2n) is 2.46. The van der Waals surface area contributed by atoms with Gasteiger partial charge < -0.3 is 0 Å². The van der Waals surface area contributed by atoms with Gasteiger partial charge in [-0.2, -0.15) is 11.8 Å². The molecular formula is C8H17ClS. The Labute approximate surface area is 73.7 Å². The normalized spacial score (nSPS) is 12.0. The minimum Gasteiger partial charge on any atom is -0.154 e. The molecule has 0 aromatic carbocycles. The van der Waals surface area contributed by atoms with Gasteiger partial charge in [-0.1, -0.05) is 20.8 Å². The van der Waals surface area contributed by atoms with Gasteiger partial charge in [-0.25, -0.2) is 0 Å². The summed E-state index contributed by atoms with van der Waals surface area (Å²) in [6, 6.07) is 0. The van der Waals surface area contributed by atoms with Gasteiger partial charge in [-0.15, -0.1) is 11.6 Å². The van der Waals surface area contributed by atoms with Gasteiger partial charge in [0, 0.05) is 10.6 Å². The van der Waals surface area contributed by atoms with Crippen molar-refractivity contribution in [2.45, 2.75) is 38.4 Å². The maximum atomic E-state index is 5.88. The predicted molar refractivity (Wildman–Crippen MR) is 52.2 cm³/mol. The summed E-state index contributed by atoms with van der Waals surface area (Å²) in [6.45, 7) is 6.63. The van der Waals surface area contributed by atoms with Crippen LogP contribution >= 0.6 is 23.4 Å². The summed E-state index contributed by atoms with van der Waals surface area (Å²) in [5.41, 5.74) is 0. The van der Waals surface area contributed by atoms with Crippen molar-refractivity contribution in [1.82, 2.24) is 0 Å². The zero-order valence-electron chi connectivity index (χ0n) is 7.11. The highest BCUT2D eigenvalue weighted by Crippen LogP contribution is 2.33. The second-order valence-corrected chi connectivity index (χ2v) is 4.46. The number of rotatable bonds is 5. The molecule has 0 nitrogen and oxygen atoms in total. The van der Waals surface area contributed by atoms with Crippen LogP contribution in [0.1, 0.15) is 33.6 Å². The molecule has 0 aromatic rings. The van der Waals surface area contributed by atoms with Crippen molar-refractivity contribution in [2.24, 2.45) is 0 Å². The molecule has 0 unspecified atom stereocenters. The molecule has 62 valence electrons. The number of halogens is 1. The lowest BCUT2D eigenvalue weighted by Gasteiger charge is -2.27. The van der Waals surface area contributed by atoms with Crippen molar-refractivity contribution >= 4 is 23.4 Å². The van der Waals surface area contributed by atoms with E-state index < -0.39 is 0 Å². The highest BCUT2D eigenvalue weighted by atomic mass is 35.5. The fourth-order valence-electron chi connectivity index (χ4n) is 0.988. The molecule has 2 heteroatoms. The highest BCUT2D eigenvalue weighted by molar-refractivity contribution is 8.00. The van der Waals surface area contributed by atoms with E-state index in [0.29, 0.717) is 4.75 Å². The standard InChI is InChI=1S/C8H17ClS/c1-4-8(5-2,7-9)10-6-3/h4-7H2,1-3H3. The lowest BCUT2D eigenvalue weighted by Crippen LogP contribution is -2.24. The summed E-state index contributed by atoms with van der Waals surface area (Å²) >= 11 is 7.87. The van der Waals surface area contributed by atoms with E-state index in [1.165, 1.54) is 18.6 Å². The zero-order chi connectivity index (χ0) is 8.04. The van der Waals surface area contributed by atoms with Gasteiger partial charge in [0.05, 0.1) is 0 Å². The van der Waals surface area contributed by atoms with Crippen molar-refractivity contribution in [1.29, 1.82) is 0 Å². The largest absolute Gasteiger partial charge is 0.154 e. The monoisotopic (exact) mass is 180 g/mol. The van der Waals surface area contributed by atoms with Crippen LogP contribution in [0.5, 0.6) is 0 Å². The fraction of sp³-hybridized carbons (Fsp3) is 1.00. The first-order valence-corrected chi connectivity index (χ1v) is 5.46. The minimum atomic E-state index is 0.357. The molecule has 0 radical (unpaired) electrons. The van der Waals surface area contributed by atoms with Crippen LogP contribution in [0.3, 0.4) is 0 Å². The summed E-state index contributed by atoms with van der Waals surface area (Å²) in [5.74, 6) is 1.97. The van der Waals surface area contributed by atoms with Crippen LogP contribution in [0.4, 0.5) is 0 Å². The second kappa shape index (κ2) is 5.31. The first-order valence-electron chi connectivity index (χ1n) is 3.94.